The lowest BCUT2D eigenvalue weighted by Crippen LogP contribution is -2.22. The number of ether oxygens (including phenoxy) is 1. The molecule has 0 unspecified atom stereocenters. The number of benzene rings is 1. The minimum atomic E-state index is -0.0814. The molecule has 1 saturated carbocycles. The number of aromatic amines is 1. The number of imidazole rings is 1. The van der Waals surface area contributed by atoms with Gasteiger partial charge in [-0.1, -0.05) is 24.0 Å². The summed E-state index contributed by atoms with van der Waals surface area (Å²) < 4.78 is 7.40. The minimum absolute atomic E-state index is 0.0814. The number of H-pyrrole nitrogens is 1. The molecule has 1 aromatic carbocycles. The van der Waals surface area contributed by atoms with Crippen LogP contribution in [0.1, 0.15) is 35.5 Å². The Hall–Kier alpha value is -3.26. The van der Waals surface area contributed by atoms with Crippen LogP contribution < -0.4 is 10.3 Å². The topological polar surface area (TPSA) is 59.9 Å². The van der Waals surface area contributed by atoms with Crippen molar-refractivity contribution in [3.05, 3.63) is 81.8 Å². The SMILES string of the molecule is Cc1cc(OCc2ncc[nH]2)cc(=O)n1Cc1ccc(C#CC2CC2)cc1. The van der Waals surface area contributed by atoms with Gasteiger partial charge in [0.15, 0.2) is 0 Å². The number of rotatable bonds is 5. The second-order valence-electron chi connectivity index (χ2n) is 6.82. The van der Waals surface area contributed by atoms with E-state index < -0.39 is 0 Å². The summed E-state index contributed by atoms with van der Waals surface area (Å²) in [7, 11) is 0. The lowest BCUT2D eigenvalue weighted by Gasteiger charge is -2.12. The highest BCUT2D eigenvalue weighted by molar-refractivity contribution is 5.37. The maximum absolute atomic E-state index is 12.5. The van der Waals surface area contributed by atoms with Crippen molar-refractivity contribution >= 4 is 0 Å². The molecule has 0 aliphatic heterocycles. The second kappa shape index (κ2) is 7.55. The number of hydrogen-bond acceptors (Lipinski definition) is 3. The first kappa shape index (κ1) is 17.2. The van der Waals surface area contributed by atoms with Gasteiger partial charge in [-0.3, -0.25) is 4.79 Å². The molecular weight excluding hydrogens is 338 g/mol. The highest BCUT2D eigenvalue weighted by Gasteiger charge is 2.17. The third-order valence-electron chi connectivity index (χ3n) is 4.53. The first-order valence-electron chi connectivity index (χ1n) is 9.10. The van der Waals surface area contributed by atoms with Gasteiger partial charge in [0.2, 0.25) is 0 Å². The molecule has 5 heteroatoms. The summed E-state index contributed by atoms with van der Waals surface area (Å²) in [4.78, 5) is 19.6. The van der Waals surface area contributed by atoms with Crippen LogP contribution in [0, 0.1) is 24.7 Å². The van der Waals surface area contributed by atoms with Crippen molar-refractivity contribution < 1.29 is 4.74 Å². The quantitative estimate of drug-likeness (QED) is 0.711. The summed E-state index contributed by atoms with van der Waals surface area (Å²) in [5, 5.41) is 0. The third kappa shape index (κ3) is 4.48. The number of nitrogens with one attached hydrogen (secondary N) is 1. The highest BCUT2D eigenvalue weighted by atomic mass is 16.5. The average molecular weight is 359 g/mol. The summed E-state index contributed by atoms with van der Waals surface area (Å²) in [5.74, 6) is 8.35. The first-order valence-corrected chi connectivity index (χ1v) is 9.10. The number of aryl methyl sites for hydroxylation is 1. The van der Waals surface area contributed by atoms with Gasteiger partial charge in [0.25, 0.3) is 5.56 Å². The Morgan fingerprint density at radius 3 is 2.74 bits per heavy atom. The van der Waals surface area contributed by atoms with Crippen molar-refractivity contribution in [2.75, 3.05) is 0 Å². The van der Waals surface area contributed by atoms with Crippen LogP contribution in [-0.2, 0) is 13.2 Å². The lowest BCUT2D eigenvalue weighted by atomic mass is 10.1. The number of pyridine rings is 1. The van der Waals surface area contributed by atoms with Gasteiger partial charge in [-0.15, -0.1) is 0 Å². The smallest absolute Gasteiger partial charge is 0.254 e. The maximum atomic E-state index is 12.5. The summed E-state index contributed by atoms with van der Waals surface area (Å²) in [6.07, 6.45) is 5.87. The lowest BCUT2D eigenvalue weighted by molar-refractivity contribution is 0.295. The first-order chi connectivity index (χ1) is 13.2. The number of aromatic nitrogens is 3. The fourth-order valence-electron chi connectivity index (χ4n) is 2.80. The van der Waals surface area contributed by atoms with E-state index in [0.29, 0.717) is 24.8 Å². The zero-order valence-corrected chi connectivity index (χ0v) is 15.2. The van der Waals surface area contributed by atoms with E-state index in [2.05, 4.69) is 21.8 Å². The summed E-state index contributed by atoms with van der Waals surface area (Å²) in [6, 6.07) is 11.5. The van der Waals surface area contributed by atoms with E-state index in [1.165, 1.54) is 18.9 Å². The molecule has 27 heavy (non-hydrogen) atoms. The monoisotopic (exact) mass is 359 g/mol. The summed E-state index contributed by atoms with van der Waals surface area (Å²) >= 11 is 0. The predicted octanol–water partition coefficient (Wildman–Crippen LogP) is 3.27. The van der Waals surface area contributed by atoms with Crippen molar-refractivity contribution in [1.82, 2.24) is 14.5 Å². The molecule has 1 aliphatic rings. The Morgan fingerprint density at radius 2 is 2.07 bits per heavy atom. The van der Waals surface area contributed by atoms with Gasteiger partial charge in [0.05, 0.1) is 6.54 Å². The normalized spacial score (nSPS) is 13.1. The van der Waals surface area contributed by atoms with Gasteiger partial charge in [0.1, 0.15) is 18.2 Å². The molecule has 3 aromatic rings. The molecule has 0 spiro atoms. The molecule has 1 aliphatic carbocycles. The summed E-state index contributed by atoms with van der Waals surface area (Å²) in [6.45, 7) is 2.75. The predicted molar refractivity (Wildman–Crippen MR) is 104 cm³/mol. The van der Waals surface area contributed by atoms with Crippen LogP contribution in [0.15, 0.2) is 53.6 Å². The van der Waals surface area contributed by atoms with E-state index >= 15 is 0 Å². The highest BCUT2D eigenvalue weighted by Crippen LogP contribution is 2.27. The molecule has 4 rings (SSSR count). The van der Waals surface area contributed by atoms with Crippen molar-refractivity contribution in [1.29, 1.82) is 0 Å². The van der Waals surface area contributed by atoms with Crippen LogP contribution in [0.4, 0.5) is 0 Å². The molecule has 0 saturated heterocycles. The van der Waals surface area contributed by atoms with E-state index in [4.69, 9.17) is 4.74 Å². The Morgan fingerprint density at radius 1 is 1.26 bits per heavy atom. The van der Waals surface area contributed by atoms with Crippen LogP contribution in [0.3, 0.4) is 0 Å². The van der Waals surface area contributed by atoms with E-state index in [1.54, 1.807) is 17.0 Å². The van der Waals surface area contributed by atoms with Gasteiger partial charge in [0, 0.05) is 35.6 Å². The molecule has 1 N–H and O–H groups in total. The number of nitrogens with zero attached hydrogens (tertiary/aromatic N) is 2. The standard InChI is InChI=1S/C22H21N3O2/c1-16-12-20(27-15-21-23-10-11-24-21)13-22(26)25(16)14-19-8-6-18(7-9-19)5-4-17-2-3-17/h6-13,17H,2-3,14-15H2,1H3,(H,23,24). The molecule has 2 heterocycles. The Labute approximate surface area is 158 Å². The van der Waals surface area contributed by atoms with Crippen LogP contribution in [-0.4, -0.2) is 14.5 Å². The fourth-order valence-corrected chi connectivity index (χ4v) is 2.80. The zero-order valence-electron chi connectivity index (χ0n) is 15.2. The van der Waals surface area contributed by atoms with Gasteiger partial charge in [-0.2, -0.15) is 0 Å². The molecule has 1 fully saturated rings. The molecule has 0 atom stereocenters. The molecule has 5 nitrogen and oxygen atoms in total. The zero-order chi connectivity index (χ0) is 18.6. The van der Waals surface area contributed by atoms with Crippen molar-refractivity contribution in [2.24, 2.45) is 5.92 Å². The molecule has 136 valence electrons. The Bertz CT molecular complexity index is 1030. The van der Waals surface area contributed by atoms with E-state index in [1.807, 2.05) is 37.3 Å². The van der Waals surface area contributed by atoms with E-state index in [0.717, 1.165) is 22.6 Å². The molecular formula is C22H21N3O2. The van der Waals surface area contributed by atoms with Crippen LogP contribution >= 0.6 is 0 Å². The van der Waals surface area contributed by atoms with Gasteiger partial charge in [-0.05, 0) is 43.5 Å². The van der Waals surface area contributed by atoms with Gasteiger partial charge < -0.3 is 14.3 Å². The number of hydrogen-bond donors (Lipinski definition) is 1. The van der Waals surface area contributed by atoms with Crippen LogP contribution in [0.2, 0.25) is 0 Å². The minimum Gasteiger partial charge on any atom is -0.485 e. The Kier molecular flexibility index (Phi) is 4.80. The summed E-state index contributed by atoms with van der Waals surface area (Å²) in [5.41, 5.74) is 2.87. The van der Waals surface area contributed by atoms with Crippen LogP contribution in [0.5, 0.6) is 5.75 Å². The average Bonchev–Trinajstić information content (AvgIpc) is 3.35. The van der Waals surface area contributed by atoms with E-state index in [-0.39, 0.29) is 5.56 Å². The fraction of sp³-hybridized carbons (Fsp3) is 0.273. The van der Waals surface area contributed by atoms with Crippen molar-refractivity contribution in [2.45, 2.75) is 32.9 Å². The Balaban J connectivity index is 1.45. The third-order valence-corrected chi connectivity index (χ3v) is 4.53. The van der Waals surface area contributed by atoms with E-state index in [9.17, 15) is 4.79 Å². The van der Waals surface area contributed by atoms with Gasteiger partial charge in [-0.25, -0.2) is 4.98 Å². The largest absolute Gasteiger partial charge is 0.485 e. The maximum Gasteiger partial charge on any atom is 0.254 e. The van der Waals surface area contributed by atoms with Crippen molar-refractivity contribution in [3.8, 4) is 17.6 Å². The molecule has 0 radical (unpaired) electrons. The van der Waals surface area contributed by atoms with Crippen molar-refractivity contribution in [3.63, 3.8) is 0 Å². The van der Waals surface area contributed by atoms with Gasteiger partial charge >= 0.3 is 0 Å². The molecule has 0 bridgehead atoms. The second-order valence-corrected chi connectivity index (χ2v) is 6.82. The van der Waals surface area contributed by atoms with Crippen LogP contribution in [0.25, 0.3) is 0 Å². The molecule has 0 amide bonds. The molecule has 2 aromatic heterocycles.